The van der Waals surface area contributed by atoms with Crippen molar-refractivity contribution in [1.82, 2.24) is 9.88 Å². The van der Waals surface area contributed by atoms with Gasteiger partial charge in [-0.25, -0.2) is 9.37 Å². The second kappa shape index (κ2) is 9.39. The molecule has 0 spiro atoms. The first kappa shape index (κ1) is 21.3. The van der Waals surface area contributed by atoms with E-state index in [1.165, 1.54) is 29.3 Å². The molecule has 0 bridgehead atoms. The van der Waals surface area contributed by atoms with Gasteiger partial charge in [0, 0.05) is 31.8 Å². The Balaban J connectivity index is 1.69. The number of hydrogen-bond donors (Lipinski definition) is 0. The molecule has 0 unspecified atom stereocenters. The average Bonchev–Trinajstić information content (AvgIpc) is 2.77. The van der Waals surface area contributed by atoms with Crippen LogP contribution in [-0.2, 0) is 6.42 Å². The van der Waals surface area contributed by atoms with Gasteiger partial charge in [-0.1, -0.05) is 36.4 Å². The lowest BCUT2D eigenvalue weighted by Gasteiger charge is -2.15. The molecule has 0 fully saturated rings. The highest BCUT2D eigenvalue weighted by Gasteiger charge is 2.16. The predicted molar refractivity (Wildman–Crippen MR) is 111 cm³/mol. The van der Waals surface area contributed by atoms with Crippen LogP contribution >= 0.6 is 0 Å². The van der Waals surface area contributed by atoms with E-state index in [4.69, 9.17) is 0 Å². The number of pyridine rings is 1. The molecule has 0 aliphatic heterocycles. The molecule has 0 aliphatic rings. The molecule has 30 heavy (non-hydrogen) atoms. The Bertz CT molecular complexity index is 1050. The largest absolute Gasteiger partial charge is 0.342 e. The molecule has 3 aromatic rings. The van der Waals surface area contributed by atoms with Crippen molar-refractivity contribution in [2.75, 3.05) is 13.6 Å². The summed E-state index contributed by atoms with van der Waals surface area (Å²) < 4.78 is 27.3. The van der Waals surface area contributed by atoms with Gasteiger partial charge in [0.15, 0.2) is 5.78 Å². The third-order valence-corrected chi connectivity index (χ3v) is 4.99. The molecule has 3 rings (SSSR count). The number of hydrogen-bond acceptors (Lipinski definition) is 3. The molecule has 154 valence electrons. The van der Waals surface area contributed by atoms with Crippen LogP contribution in [0.1, 0.15) is 39.6 Å². The SMILES string of the molecule is CCN(C)C(=O)c1ccc(-c2ccc(C(=O)CCc3ccc(F)nc3)cc2)cc1F. The number of aryl methyl sites for hydroxylation is 1. The van der Waals surface area contributed by atoms with E-state index in [0.29, 0.717) is 24.1 Å². The first-order chi connectivity index (χ1) is 14.4. The van der Waals surface area contributed by atoms with Gasteiger partial charge in [-0.2, -0.15) is 4.39 Å². The second-order valence-corrected chi connectivity index (χ2v) is 7.00. The van der Waals surface area contributed by atoms with Gasteiger partial charge >= 0.3 is 0 Å². The number of aromatic nitrogens is 1. The van der Waals surface area contributed by atoms with Crippen LogP contribution in [0.15, 0.2) is 60.8 Å². The number of rotatable bonds is 7. The fourth-order valence-corrected chi connectivity index (χ4v) is 3.02. The van der Waals surface area contributed by atoms with Gasteiger partial charge in [-0.15, -0.1) is 0 Å². The van der Waals surface area contributed by atoms with Gasteiger partial charge in [-0.05, 0) is 48.2 Å². The summed E-state index contributed by atoms with van der Waals surface area (Å²) in [6.45, 7) is 2.32. The summed E-state index contributed by atoms with van der Waals surface area (Å²) >= 11 is 0. The van der Waals surface area contributed by atoms with E-state index in [1.807, 2.05) is 6.92 Å². The molecule has 1 heterocycles. The summed E-state index contributed by atoms with van der Waals surface area (Å²) in [6.07, 6.45) is 2.18. The topological polar surface area (TPSA) is 50.3 Å². The molecule has 0 saturated carbocycles. The van der Waals surface area contributed by atoms with Crippen molar-refractivity contribution in [2.45, 2.75) is 19.8 Å². The third-order valence-electron chi connectivity index (χ3n) is 4.99. The maximum atomic E-state index is 14.4. The monoisotopic (exact) mass is 408 g/mol. The summed E-state index contributed by atoms with van der Waals surface area (Å²) in [7, 11) is 1.62. The standard InChI is InChI=1S/C24H22F2N2O2/c1-3-28(2)24(30)20-11-10-19(14-21(20)25)17-6-8-18(9-7-17)22(29)12-4-16-5-13-23(26)27-15-16/h5-11,13-15H,3-4,12H2,1-2H3. The number of amides is 1. The maximum absolute atomic E-state index is 14.4. The van der Waals surface area contributed by atoms with E-state index in [-0.39, 0.29) is 23.7 Å². The lowest BCUT2D eigenvalue weighted by molar-refractivity contribution is 0.0797. The van der Waals surface area contributed by atoms with E-state index in [0.717, 1.165) is 11.1 Å². The molecule has 0 radical (unpaired) electrons. The molecular formula is C24H22F2N2O2. The van der Waals surface area contributed by atoms with Gasteiger partial charge in [0.2, 0.25) is 5.95 Å². The van der Waals surface area contributed by atoms with Gasteiger partial charge in [0.05, 0.1) is 5.56 Å². The lowest BCUT2D eigenvalue weighted by Crippen LogP contribution is -2.27. The highest BCUT2D eigenvalue weighted by molar-refractivity contribution is 5.97. The molecule has 0 atom stereocenters. The summed E-state index contributed by atoms with van der Waals surface area (Å²) in [6, 6.07) is 14.3. The van der Waals surface area contributed by atoms with Crippen molar-refractivity contribution in [3.8, 4) is 11.1 Å². The molecular weight excluding hydrogens is 386 g/mol. The summed E-state index contributed by atoms with van der Waals surface area (Å²) in [5.41, 5.74) is 2.74. The molecule has 2 aromatic carbocycles. The van der Waals surface area contributed by atoms with Crippen LogP contribution in [0.5, 0.6) is 0 Å². The first-order valence-electron chi connectivity index (χ1n) is 9.68. The molecule has 0 N–H and O–H groups in total. The van der Waals surface area contributed by atoms with Gasteiger partial charge in [0.25, 0.3) is 5.91 Å². The molecule has 4 nitrogen and oxygen atoms in total. The Morgan fingerprint density at radius 1 is 0.967 bits per heavy atom. The highest BCUT2D eigenvalue weighted by Crippen LogP contribution is 2.23. The predicted octanol–water partition coefficient (Wildman–Crippen LogP) is 4.93. The molecule has 0 aliphatic carbocycles. The van der Waals surface area contributed by atoms with E-state index < -0.39 is 11.8 Å². The van der Waals surface area contributed by atoms with Crippen LogP contribution in [-0.4, -0.2) is 35.2 Å². The van der Waals surface area contributed by atoms with E-state index in [2.05, 4.69) is 4.98 Å². The Morgan fingerprint density at radius 3 is 2.27 bits per heavy atom. The normalized spacial score (nSPS) is 10.7. The maximum Gasteiger partial charge on any atom is 0.256 e. The average molecular weight is 408 g/mol. The molecule has 1 amide bonds. The third kappa shape index (κ3) is 4.95. The van der Waals surface area contributed by atoms with Crippen molar-refractivity contribution < 1.29 is 18.4 Å². The fraction of sp³-hybridized carbons (Fsp3) is 0.208. The van der Waals surface area contributed by atoms with E-state index in [1.54, 1.807) is 43.4 Å². The van der Waals surface area contributed by atoms with Gasteiger partial charge in [-0.3, -0.25) is 9.59 Å². The zero-order chi connectivity index (χ0) is 21.7. The van der Waals surface area contributed by atoms with Crippen LogP contribution in [0.3, 0.4) is 0 Å². The number of carbonyl (C=O) groups excluding carboxylic acids is 2. The summed E-state index contributed by atoms with van der Waals surface area (Å²) in [4.78, 5) is 29.6. The quantitative estimate of drug-likeness (QED) is 0.411. The van der Waals surface area contributed by atoms with E-state index >= 15 is 0 Å². The van der Waals surface area contributed by atoms with Crippen molar-refractivity contribution in [3.63, 3.8) is 0 Å². The van der Waals surface area contributed by atoms with Gasteiger partial charge < -0.3 is 4.90 Å². The molecule has 0 saturated heterocycles. The Kier molecular flexibility index (Phi) is 6.67. The highest BCUT2D eigenvalue weighted by atomic mass is 19.1. The zero-order valence-corrected chi connectivity index (χ0v) is 16.9. The molecule has 6 heteroatoms. The Hall–Kier alpha value is -3.41. The van der Waals surface area contributed by atoms with Crippen molar-refractivity contribution >= 4 is 11.7 Å². The summed E-state index contributed by atoms with van der Waals surface area (Å²) in [5.74, 6) is -1.53. The van der Waals surface area contributed by atoms with Crippen LogP contribution in [0.2, 0.25) is 0 Å². The number of ketones is 1. The second-order valence-electron chi connectivity index (χ2n) is 7.00. The summed E-state index contributed by atoms with van der Waals surface area (Å²) in [5, 5.41) is 0. The minimum Gasteiger partial charge on any atom is -0.342 e. The first-order valence-corrected chi connectivity index (χ1v) is 9.68. The van der Waals surface area contributed by atoms with Crippen molar-refractivity contribution in [2.24, 2.45) is 0 Å². The van der Waals surface area contributed by atoms with Crippen LogP contribution in [0, 0.1) is 11.8 Å². The van der Waals surface area contributed by atoms with Crippen molar-refractivity contribution in [3.05, 3.63) is 89.2 Å². The lowest BCUT2D eigenvalue weighted by atomic mass is 9.99. The number of carbonyl (C=O) groups is 2. The Morgan fingerprint density at radius 2 is 1.67 bits per heavy atom. The number of benzene rings is 2. The number of halogens is 2. The minimum absolute atomic E-state index is 0.0326. The van der Waals surface area contributed by atoms with E-state index in [9.17, 15) is 18.4 Å². The fourth-order valence-electron chi connectivity index (χ4n) is 3.02. The van der Waals surface area contributed by atoms with Crippen LogP contribution in [0.25, 0.3) is 11.1 Å². The van der Waals surface area contributed by atoms with Crippen LogP contribution in [0.4, 0.5) is 8.78 Å². The zero-order valence-electron chi connectivity index (χ0n) is 16.9. The number of Topliss-reactive ketones (excluding diaryl/α,β-unsaturated/α-hetero) is 1. The van der Waals surface area contributed by atoms with Crippen LogP contribution < -0.4 is 0 Å². The number of nitrogens with zero attached hydrogens (tertiary/aromatic N) is 2. The van der Waals surface area contributed by atoms with Crippen molar-refractivity contribution in [1.29, 1.82) is 0 Å². The Labute approximate surface area is 174 Å². The smallest absolute Gasteiger partial charge is 0.256 e. The molecule has 1 aromatic heterocycles. The minimum atomic E-state index is -0.578. The van der Waals surface area contributed by atoms with Gasteiger partial charge in [0.1, 0.15) is 5.82 Å².